The Morgan fingerprint density at radius 1 is 1.15 bits per heavy atom. The van der Waals surface area contributed by atoms with Gasteiger partial charge in [-0.2, -0.15) is 13.2 Å². The minimum atomic E-state index is -4.56. The Kier molecular flexibility index (Phi) is 4.83. The monoisotopic (exact) mass is 379 g/mol. The summed E-state index contributed by atoms with van der Waals surface area (Å²) in [4.78, 5) is 8.14. The Morgan fingerprint density at radius 3 is 2.52 bits per heavy atom. The number of alkyl halides is 3. The molecule has 0 fully saturated rings. The topological polar surface area (TPSA) is 104 Å². The first-order valence-corrected chi connectivity index (χ1v) is 7.98. The van der Waals surface area contributed by atoms with Crippen LogP contribution in [-0.2, 0) is 6.18 Å². The molecule has 0 saturated heterocycles. The van der Waals surface area contributed by atoms with Gasteiger partial charge in [0, 0.05) is 12.1 Å². The predicted octanol–water partition coefficient (Wildman–Crippen LogP) is 2.91. The summed E-state index contributed by atoms with van der Waals surface area (Å²) in [6, 6.07) is 3.10. The number of fused-ring (bicyclic) bond motifs is 1. The molecule has 3 N–H and O–H groups in total. The van der Waals surface area contributed by atoms with Crippen LogP contribution in [0.3, 0.4) is 0 Å². The van der Waals surface area contributed by atoms with E-state index in [4.69, 9.17) is 0 Å². The standard InChI is InChI=1S/C17H16F3N5O2/c1-8-3-10(17(18,19)20)4-13(27)14(8)11-5-12-15(25-24-11)16(23-7-22-12)21-6-9(2)26/h3-5,7,9,26-27H,6H2,1-2H3,(H,21,22,23). The van der Waals surface area contributed by atoms with Crippen LogP contribution >= 0.6 is 0 Å². The summed E-state index contributed by atoms with van der Waals surface area (Å²) in [7, 11) is 0. The van der Waals surface area contributed by atoms with Crippen molar-refractivity contribution in [2.45, 2.75) is 26.1 Å². The number of aryl methyl sites for hydroxylation is 1. The summed E-state index contributed by atoms with van der Waals surface area (Å²) < 4.78 is 38.6. The lowest BCUT2D eigenvalue weighted by Crippen LogP contribution is -2.16. The Bertz CT molecular complexity index is 969. The molecule has 1 unspecified atom stereocenters. The van der Waals surface area contributed by atoms with Gasteiger partial charge < -0.3 is 15.5 Å². The highest BCUT2D eigenvalue weighted by Crippen LogP contribution is 2.38. The number of hydrogen-bond donors (Lipinski definition) is 3. The second kappa shape index (κ2) is 6.95. The van der Waals surface area contributed by atoms with Gasteiger partial charge in [0.25, 0.3) is 0 Å². The van der Waals surface area contributed by atoms with E-state index in [1.54, 1.807) is 6.92 Å². The van der Waals surface area contributed by atoms with Gasteiger partial charge in [-0.3, -0.25) is 0 Å². The molecule has 0 saturated carbocycles. The van der Waals surface area contributed by atoms with E-state index in [2.05, 4.69) is 25.5 Å². The van der Waals surface area contributed by atoms with Gasteiger partial charge in [0.2, 0.25) is 0 Å². The maximum atomic E-state index is 12.9. The van der Waals surface area contributed by atoms with Crippen molar-refractivity contribution in [3.63, 3.8) is 0 Å². The minimum Gasteiger partial charge on any atom is -0.507 e. The molecule has 1 atom stereocenters. The van der Waals surface area contributed by atoms with Gasteiger partial charge in [-0.05, 0) is 37.6 Å². The number of nitrogens with one attached hydrogen (secondary N) is 1. The number of phenols is 1. The molecule has 3 rings (SSSR count). The minimum absolute atomic E-state index is 0.148. The molecule has 2 aromatic heterocycles. The van der Waals surface area contributed by atoms with E-state index in [1.165, 1.54) is 19.3 Å². The Morgan fingerprint density at radius 2 is 1.89 bits per heavy atom. The molecular weight excluding hydrogens is 363 g/mol. The third-order valence-electron chi connectivity index (χ3n) is 3.84. The highest BCUT2D eigenvalue weighted by atomic mass is 19.4. The first-order chi connectivity index (χ1) is 12.7. The van der Waals surface area contributed by atoms with Crippen LogP contribution in [0.25, 0.3) is 22.3 Å². The zero-order valence-corrected chi connectivity index (χ0v) is 14.4. The number of aromatic nitrogens is 4. The van der Waals surface area contributed by atoms with Crippen molar-refractivity contribution in [2.75, 3.05) is 11.9 Å². The maximum Gasteiger partial charge on any atom is 0.416 e. The number of nitrogens with zero attached hydrogens (tertiary/aromatic N) is 4. The number of hydrogen-bond acceptors (Lipinski definition) is 7. The fourth-order valence-electron chi connectivity index (χ4n) is 2.62. The van der Waals surface area contributed by atoms with Crippen molar-refractivity contribution in [3.05, 3.63) is 35.7 Å². The number of aliphatic hydroxyl groups is 1. The SMILES string of the molecule is Cc1cc(C(F)(F)F)cc(O)c1-c1cc2ncnc(NCC(C)O)c2nn1. The van der Waals surface area contributed by atoms with Crippen molar-refractivity contribution >= 4 is 16.9 Å². The Labute approximate surface area is 151 Å². The van der Waals surface area contributed by atoms with E-state index in [1.807, 2.05) is 0 Å². The van der Waals surface area contributed by atoms with E-state index in [0.717, 1.165) is 6.07 Å². The van der Waals surface area contributed by atoms with Gasteiger partial charge in [-0.1, -0.05) is 0 Å². The number of aromatic hydroxyl groups is 1. The Hall–Kier alpha value is -3.01. The number of aliphatic hydroxyl groups excluding tert-OH is 1. The molecule has 0 radical (unpaired) electrons. The molecule has 0 aliphatic rings. The van der Waals surface area contributed by atoms with E-state index in [-0.39, 0.29) is 23.4 Å². The predicted molar refractivity (Wildman–Crippen MR) is 92.1 cm³/mol. The summed E-state index contributed by atoms with van der Waals surface area (Å²) in [5.74, 6) is -0.175. The molecule has 0 aliphatic heterocycles. The van der Waals surface area contributed by atoms with Crippen molar-refractivity contribution in [2.24, 2.45) is 0 Å². The second-order valence-corrected chi connectivity index (χ2v) is 6.10. The molecule has 0 spiro atoms. The smallest absolute Gasteiger partial charge is 0.416 e. The van der Waals surface area contributed by atoms with Gasteiger partial charge >= 0.3 is 6.18 Å². The molecule has 10 heteroatoms. The van der Waals surface area contributed by atoms with Crippen LogP contribution < -0.4 is 5.32 Å². The van der Waals surface area contributed by atoms with Crippen molar-refractivity contribution in [3.8, 4) is 17.0 Å². The third kappa shape index (κ3) is 3.90. The Balaban J connectivity index is 2.06. The van der Waals surface area contributed by atoms with Gasteiger partial charge in [0.1, 0.15) is 12.1 Å². The quantitative estimate of drug-likeness (QED) is 0.640. The zero-order chi connectivity index (χ0) is 19.8. The first kappa shape index (κ1) is 18.8. The van der Waals surface area contributed by atoms with Crippen LogP contribution in [0.2, 0.25) is 0 Å². The van der Waals surface area contributed by atoms with Crippen LogP contribution in [0, 0.1) is 6.92 Å². The molecular formula is C17H16F3N5O2. The summed E-state index contributed by atoms with van der Waals surface area (Å²) in [6.07, 6.45) is -3.88. The van der Waals surface area contributed by atoms with Crippen LogP contribution in [-0.4, -0.2) is 43.0 Å². The highest BCUT2D eigenvalue weighted by Gasteiger charge is 2.32. The van der Waals surface area contributed by atoms with Gasteiger partial charge in [-0.25, -0.2) is 9.97 Å². The molecule has 2 heterocycles. The van der Waals surface area contributed by atoms with E-state index < -0.39 is 23.6 Å². The molecule has 3 aromatic rings. The molecule has 27 heavy (non-hydrogen) atoms. The number of anilines is 1. The van der Waals surface area contributed by atoms with E-state index in [0.29, 0.717) is 22.9 Å². The third-order valence-corrected chi connectivity index (χ3v) is 3.84. The van der Waals surface area contributed by atoms with Crippen molar-refractivity contribution in [1.29, 1.82) is 0 Å². The second-order valence-electron chi connectivity index (χ2n) is 6.10. The first-order valence-electron chi connectivity index (χ1n) is 7.98. The number of halogens is 3. The molecule has 1 aromatic carbocycles. The molecule has 142 valence electrons. The van der Waals surface area contributed by atoms with Crippen molar-refractivity contribution < 1.29 is 23.4 Å². The van der Waals surface area contributed by atoms with E-state index in [9.17, 15) is 23.4 Å². The summed E-state index contributed by atoms with van der Waals surface area (Å²) in [6.45, 7) is 3.30. The summed E-state index contributed by atoms with van der Waals surface area (Å²) in [5, 5.41) is 30.4. The summed E-state index contributed by atoms with van der Waals surface area (Å²) in [5.41, 5.74) is 0.327. The van der Waals surface area contributed by atoms with Crippen molar-refractivity contribution in [1.82, 2.24) is 20.2 Å². The fraction of sp³-hybridized carbons (Fsp3) is 0.294. The zero-order valence-electron chi connectivity index (χ0n) is 14.4. The fourth-order valence-corrected chi connectivity index (χ4v) is 2.62. The number of phenolic OH excluding ortho intramolecular Hbond substituents is 1. The molecule has 0 amide bonds. The highest BCUT2D eigenvalue weighted by molar-refractivity contribution is 5.87. The molecule has 7 nitrogen and oxygen atoms in total. The van der Waals surface area contributed by atoms with Crippen LogP contribution in [0.5, 0.6) is 5.75 Å². The van der Waals surface area contributed by atoms with Gasteiger partial charge in [0.15, 0.2) is 11.3 Å². The molecule has 0 aliphatic carbocycles. The number of benzene rings is 1. The van der Waals surface area contributed by atoms with Crippen LogP contribution in [0.4, 0.5) is 19.0 Å². The maximum absolute atomic E-state index is 12.9. The normalized spacial score (nSPS) is 13.0. The lowest BCUT2D eigenvalue weighted by atomic mass is 10.0. The largest absolute Gasteiger partial charge is 0.507 e. The lowest BCUT2D eigenvalue weighted by molar-refractivity contribution is -0.137. The van der Waals surface area contributed by atoms with Crippen LogP contribution in [0.15, 0.2) is 24.5 Å². The van der Waals surface area contributed by atoms with Gasteiger partial charge in [-0.15, -0.1) is 10.2 Å². The average molecular weight is 379 g/mol. The van der Waals surface area contributed by atoms with Crippen LogP contribution in [0.1, 0.15) is 18.1 Å². The van der Waals surface area contributed by atoms with Gasteiger partial charge in [0.05, 0.1) is 22.9 Å². The average Bonchev–Trinajstić information content (AvgIpc) is 2.58. The lowest BCUT2D eigenvalue weighted by Gasteiger charge is -2.13. The number of rotatable bonds is 4. The molecule has 0 bridgehead atoms. The summed E-state index contributed by atoms with van der Waals surface area (Å²) >= 11 is 0. The van der Waals surface area contributed by atoms with E-state index >= 15 is 0 Å².